The number of ether oxygens (including phenoxy) is 1. The summed E-state index contributed by atoms with van der Waals surface area (Å²) in [6, 6.07) is 16.1. The van der Waals surface area contributed by atoms with Gasteiger partial charge in [0.05, 0.1) is 7.11 Å². The third-order valence-electron chi connectivity index (χ3n) is 5.21. The number of piperidine rings is 1. The van der Waals surface area contributed by atoms with Crippen molar-refractivity contribution >= 4 is 0 Å². The molecule has 0 saturated carbocycles. The van der Waals surface area contributed by atoms with Crippen LogP contribution in [0.15, 0.2) is 48.5 Å². The molecule has 1 saturated heterocycles. The fraction of sp³-hybridized carbons (Fsp3) is 0.455. The molecule has 2 atom stereocenters. The highest BCUT2D eigenvalue weighted by Crippen LogP contribution is 2.27. The summed E-state index contributed by atoms with van der Waals surface area (Å²) in [5, 5.41) is 7.18. The number of benzene rings is 2. The molecule has 1 heterocycles. The molecule has 3 rings (SSSR count). The number of methoxy groups -OCH3 is 1. The van der Waals surface area contributed by atoms with E-state index in [0.29, 0.717) is 17.9 Å². The Morgan fingerprint density at radius 2 is 1.93 bits per heavy atom. The molecular weight excluding hydrogens is 365 g/mol. The Kier molecular flexibility index (Phi) is 6.97. The third kappa shape index (κ3) is 5.72. The maximum atomic E-state index is 12.5. The fourth-order valence-corrected chi connectivity index (χ4v) is 3.77. The van der Waals surface area contributed by atoms with E-state index < -0.39 is 12.6 Å². The summed E-state index contributed by atoms with van der Waals surface area (Å²) in [6.45, 7) is 1.53. The number of nitrogens with one attached hydrogen (secondary N) is 2. The Balaban J connectivity index is 1.69. The smallest absolute Gasteiger partial charge is 0.389 e. The van der Waals surface area contributed by atoms with E-state index in [0.717, 1.165) is 24.9 Å². The van der Waals surface area contributed by atoms with Crippen LogP contribution in [0, 0.1) is 0 Å². The number of aryl methyl sites for hydroxylation is 1. The van der Waals surface area contributed by atoms with Gasteiger partial charge in [0.25, 0.3) is 0 Å². The van der Waals surface area contributed by atoms with Gasteiger partial charge in [0.1, 0.15) is 5.75 Å². The third-order valence-corrected chi connectivity index (χ3v) is 5.21. The second kappa shape index (κ2) is 9.43. The van der Waals surface area contributed by atoms with Gasteiger partial charge in [-0.05, 0) is 43.0 Å². The van der Waals surface area contributed by atoms with E-state index in [9.17, 15) is 13.2 Å². The molecule has 0 spiro atoms. The van der Waals surface area contributed by atoms with Gasteiger partial charge in [-0.25, -0.2) is 0 Å². The van der Waals surface area contributed by atoms with Crippen LogP contribution < -0.4 is 15.4 Å². The molecule has 2 N–H and O–H groups in total. The van der Waals surface area contributed by atoms with Gasteiger partial charge < -0.3 is 15.4 Å². The Morgan fingerprint density at radius 1 is 1.14 bits per heavy atom. The van der Waals surface area contributed by atoms with Gasteiger partial charge >= 0.3 is 6.18 Å². The van der Waals surface area contributed by atoms with Crippen molar-refractivity contribution in [2.45, 2.75) is 50.5 Å². The average molecular weight is 392 g/mol. The predicted molar refractivity (Wildman–Crippen MR) is 104 cm³/mol. The number of alkyl halides is 3. The summed E-state index contributed by atoms with van der Waals surface area (Å²) in [5.74, 6) is 0.697. The summed E-state index contributed by atoms with van der Waals surface area (Å²) in [7, 11) is 1.59. The van der Waals surface area contributed by atoms with Crippen LogP contribution in [0.3, 0.4) is 0 Å². The van der Waals surface area contributed by atoms with Crippen molar-refractivity contribution in [3.05, 3.63) is 65.2 Å². The highest BCUT2D eigenvalue weighted by atomic mass is 19.4. The minimum absolute atomic E-state index is 0.0158. The van der Waals surface area contributed by atoms with Gasteiger partial charge in [0.15, 0.2) is 0 Å². The molecule has 6 heteroatoms. The van der Waals surface area contributed by atoms with Gasteiger partial charge in [0, 0.05) is 30.6 Å². The first-order valence-corrected chi connectivity index (χ1v) is 9.70. The minimum Gasteiger partial charge on any atom is -0.496 e. The van der Waals surface area contributed by atoms with Gasteiger partial charge in [-0.15, -0.1) is 0 Å². The lowest BCUT2D eigenvalue weighted by Crippen LogP contribution is -2.45. The topological polar surface area (TPSA) is 33.3 Å². The standard InChI is InChI=1S/C22H27F3N2O/c1-28-20-10-9-16(11-12-22(23,24)25)14-18(20)15-27-19-8-5-13-26-21(19)17-6-3-2-4-7-17/h2-4,6-7,9-10,14,19,21,26-27H,5,8,11-13,15H2,1H3/t19-,21?/m0/s1. The van der Waals surface area contributed by atoms with Crippen molar-refractivity contribution in [2.75, 3.05) is 13.7 Å². The van der Waals surface area contributed by atoms with Crippen molar-refractivity contribution in [3.8, 4) is 5.75 Å². The first-order chi connectivity index (χ1) is 13.5. The molecule has 1 fully saturated rings. The highest BCUT2D eigenvalue weighted by Gasteiger charge is 2.27. The maximum absolute atomic E-state index is 12.5. The lowest BCUT2D eigenvalue weighted by atomic mass is 9.92. The number of hydrogen-bond donors (Lipinski definition) is 2. The van der Waals surface area contributed by atoms with Crippen LogP contribution in [-0.2, 0) is 13.0 Å². The molecule has 1 aliphatic heterocycles. The van der Waals surface area contributed by atoms with Crippen LogP contribution in [0.25, 0.3) is 0 Å². The Bertz CT molecular complexity index is 749. The molecule has 0 radical (unpaired) electrons. The molecule has 152 valence electrons. The van der Waals surface area contributed by atoms with Gasteiger partial charge in [-0.1, -0.05) is 42.5 Å². The molecule has 28 heavy (non-hydrogen) atoms. The Morgan fingerprint density at radius 3 is 2.64 bits per heavy atom. The quantitative estimate of drug-likeness (QED) is 0.712. The predicted octanol–water partition coefficient (Wildman–Crippen LogP) is 4.77. The summed E-state index contributed by atoms with van der Waals surface area (Å²) in [4.78, 5) is 0. The molecule has 0 aliphatic carbocycles. The van der Waals surface area contributed by atoms with E-state index in [4.69, 9.17) is 4.74 Å². The fourth-order valence-electron chi connectivity index (χ4n) is 3.77. The summed E-state index contributed by atoms with van der Waals surface area (Å²) in [6.07, 6.45) is -2.84. The molecule has 1 unspecified atom stereocenters. The van der Waals surface area contributed by atoms with E-state index in [1.165, 1.54) is 5.56 Å². The number of hydrogen-bond acceptors (Lipinski definition) is 3. The van der Waals surface area contributed by atoms with Crippen LogP contribution in [0.1, 0.15) is 42.0 Å². The average Bonchev–Trinajstić information content (AvgIpc) is 2.71. The largest absolute Gasteiger partial charge is 0.496 e. The van der Waals surface area contributed by atoms with E-state index in [1.807, 2.05) is 24.3 Å². The van der Waals surface area contributed by atoms with E-state index in [1.54, 1.807) is 19.2 Å². The zero-order chi connectivity index (χ0) is 20.0. The van der Waals surface area contributed by atoms with Gasteiger partial charge in [-0.3, -0.25) is 0 Å². The molecule has 1 aliphatic rings. The SMILES string of the molecule is COc1ccc(CCC(F)(F)F)cc1CN[C@H]1CCCNC1c1ccccc1. The first-order valence-electron chi connectivity index (χ1n) is 9.70. The molecule has 2 aromatic carbocycles. The molecule has 3 nitrogen and oxygen atoms in total. The van der Waals surface area contributed by atoms with Crippen molar-refractivity contribution in [3.63, 3.8) is 0 Å². The lowest BCUT2D eigenvalue weighted by molar-refractivity contribution is -0.133. The van der Waals surface area contributed by atoms with Crippen LogP contribution >= 0.6 is 0 Å². The monoisotopic (exact) mass is 392 g/mol. The van der Waals surface area contributed by atoms with Crippen molar-refractivity contribution in [1.29, 1.82) is 0 Å². The summed E-state index contributed by atoms with van der Waals surface area (Å²) >= 11 is 0. The maximum Gasteiger partial charge on any atom is 0.389 e. The second-order valence-electron chi connectivity index (χ2n) is 7.23. The van der Waals surface area contributed by atoms with Crippen molar-refractivity contribution < 1.29 is 17.9 Å². The molecule has 2 aromatic rings. The summed E-state index contributed by atoms with van der Waals surface area (Å²) in [5.41, 5.74) is 2.81. The zero-order valence-corrected chi connectivity index (χ0v) is 16.1. The Hall–Kier alpha value is -2.05. The van der Waals surface area contributed by atoms with Crippen LogP contribution in [0.2, 0.25) is 0 Å². The van der Waals surface area contributed by atoms with Crippen molar-refractivity contribution in [2.24, 2.45) is 0 Å². The first kappa shape index (κ1) is 20.7. The van der Waals surface area contributed by atoms with Gasteiger partial charge in [0.2, 0.25) is 0 Å². The lowest BCUT2D eigenvalue weighted by Gasteiger charge is -2.34. The minimum atomic E-state index is -4.14. The van der Waals surface area contributed by atoms with E-state index in [2.05, 4.69) is 22.8 Å². The molecule has 0 aromatic heterocycles. The van der Waals surface area contributed by atoms with Crippen LogP contribution in [0.5, 0.6) is 5.75 Å². The number of rotatable bonds is 7. The highest BCUT2D eigenvalue weighted by molar-refractivity contribution is 5.37. The zero-order valence-electron chi connectivity index (χ0n) is 16.1. The van der Waals surface area contributed by atoms with Crippen molar-refractivity contribution in [1.82, 2.24) is 10.6 Å². The second-order valence-corrected chi connectivity index (χ2v) is 7.23. The van der Waals surface area contributed by atoms with E-state index in [-0.39, 0.29) is 18.5 Å². The molecular formula is C22H27F3N2O. The normalized spacial score (nSPS) is 20.1. The van der Waals surface area contributed by atoms with E-state index >= 15 is 0 Å². The molecule has 0 amide bonds. The summed E-state index contributed by atoms with van der Waals surface area (Å²) < 4.78 is 43.0. The van der Waals surface area contributed by atoms with Crippen LogP contribution in [0.4, 0.5) is 13.2 Å². The Labute approximate surface area is 164 Å². The van der Waals surface area contributed by atoms with Crippen LogP contribution in [-0.4, -0.2) is 25.9 Å². The molecule has 0 bridgehead atoms. The number of halogens is 3. The van der Waals surface area contributed by atoms with Gasteiger partial charge in [-0.2, -0.15) is 13.2 Å².